The molecule has 20 heavy (non-hydrogen) atoms. The maximum atomic E-state index is 14.1. The second-order valence-corrected chi connectivity index (χ2v) is 5.10. The van der Waals surface area contributed by atoms with Crippen LogP contribution in [0.2, 0.25) is 0 Å². The van der Waals surface area contributed by atoms with Gasteiger partial charge in [0.25, 0.3) is 0 Å². The minimum atomic E-state index is -0.111. The Balaban J connectivity index is 1.98. The van der Waals surface area contributed by atoms with Gasteiger partial charge in [0.2, 0.25) is 0 Å². The van der Waals surface area contributed by atoms with Gasteiger partial charge in [-0.3, -0.25) is 0 Å². The van der Waals surface area contributed by atoms with Gasteiger partial charge in [-0.15, -0.1) is 0 Å². The molecule has 3 heteroatoms. The van der Waals surface area contributed by atoms with Crippen LogP contribution in [0.4, 0.5) is 10.1 Å². The van der Waals surface area contributed by atoms with Gasteiger partial charge < -0.3 is 10.2 Å². The topological polar surface area (TPSA) is 15.3 Å². The van der Waals surface area contributed by atoms with Crippen LogP contribution in [0.15, 0.2) is 54.6 Å². The summed E-state index contributed by atoms with van der Waals surface area (Å²) in [5, 5.41) is 3.40. The molecule has 0 saturated carbocycles. The molecule has 1 atom stereocenters. The fraction of sp³-hybridized carbons (Fsp3) is 0.294. The van der Waals surface area contributed by atoms with E-state index >= 15 is 0 Å². The zero-order chi connectivity index (χ0) is 13.8. The van der Waals surface area contributed by atoms with Crippen molar-refractivity contribution in [2.24, 2.45) is 0 Å². The molecule has 2 aromatic rings. The molecular formula is C17H19FN2. The predicted molar refractivity (Wildman–Crippen MR) is 80.4 cm³/mol. The molecule has 0 aliphatic carbocycles. The minimum Gasteiger partial charge on any atom is -0.363 e. The van der Waals surface area contributed by atoms with Crippen molar-refractivity contribution >= 4 is 5.69 Å². The van der Waals surface area contributed by atoms with Gasteiger partial charge in [0, 0.05) is 24.3 Å². The van der Waals surface area contributed by atoms with Crippen LogP contribution in [-0.4, -0.2) is 19.6 Å². The Morgan fingerprint density at radius 3 is 2.50 bits per heavy atom. The Hall–Kier alpha value is -1.87. The van der Waals surface area contributed by atoms with Gasteiger partial charge in [0.15, 0.2) is 0 Å². The maximum Gasteiger partial charge on any atom is 0.128 e. The smallest absolute Gasteiger partial charge is 0.128 e. The van der Waals surface area contributed by atoms with E-state index in [1.165, 1.54) is 0 Å². The zero-order valence-corrected chi connectivity index (χ0v) is 11.4. The van der Waals surface area contributed by atoms with Gasteiger partial charge in [0.1, 0.15) is 5.82 Å². The molecule has 0 spiro atoms. The van der Waals surface area contributed by atoms with Crippen LogP contribution >= 0.6 is 0 Å². The van der Waals surface area contributed by atoms with E-state index in [2.05, 4.69) is 22.3 Å². The molecule has 1 N–H and O–H groups in total. The van der Waals surface area contributed by atoms with E-state index < -0.39 is 0 Å². The molecule has 1 saturated heterocycles. The lowest BCUT2D eigenvalue weighted by Crippen LogP contribution is -2.31. The number of halogens is 1. The van der Waals surface area contributed by atoms with Crippen LogP contribution in [-0.2, 0) is 0 Å². The predicted octanol–water partition coefficient (Wildman–Crippen LogP) is 3.37. The summed E-state index contributed by atoms with van der Waals surface area (Å²) in [7, 11) is 0. The first kappa shape index (κ1) is 13.1. The summed E-state index contributed by atoms with van der Waals surface area (Å²) in [5.74, 6) is -0.111. The van der Waals surface area contributed by atoms with Crippen LogP contribution in [0, 0.1) is 5.82 Å². The highest BCUT2D eigenvalue weighted by molar-refractivity contribution is 5.49. The van der Waals surface area contributed by atoms with Crippen LogP contribution in [0.1, 0.15) is 18.0 Å². The molecule has 1 aliphatic heterocycles. The molecule has 0 radical (unpaired) electrons. The molecule has 1 unspecified atom stereocenters. The van der Waals surface area contributed by atoms with Gasteiger partial charge in [-0.05, 0) is 31.2 Å². The first-order chi connectivity index (χ1) is 9.86. The molecule has 2 aromatic carbocycles. The summed E-state index contributed by atoms with van der Waals surface area (Å²) in [6.07, 6.45) is 0.913. The van der Waals surface area contributed by atoms with Crippen molar-refractivity contribution in [2.75, 3.05) is 24.5 Å². The molecule has 2 nitrogen and oxygen atoms in total. The molecule has 0 aromatic heterocycles. The molecule has 1 aliphatic rings. The van der Waals surface area contributed by atoms with E-state index in [1.807, 2.05) is 30.3 Å². The van der Waals surface area contributed by atoms with Crippen LogP contribution < -0.4 is 10.2 Å². The highest BCUT2D eigenvalue weighted by Gasteiger charge is 2.24. The third-order valence-corrected chi connectivity index (χ3v) is 3.85. The maximum absolute atomic E-state index is 14.1. The standard InChI is InChI=1S/C17H19FN2/c18-16-9-5-4-8-15(16)17-10-11-19-12-13-20(17)14-6-2-1-3-7-14/h1-9,17,19H,10-13H2. The third-order valence-electron chi connectivity index (χ3n) is 3.85. The summed E-state index contributed by atoms with van der Waals surface area (Å²) in [6.45, 7) is 2.74. The average molecular weight is 270 g/mol. The van der Waals surface area contributed by atoms with Gasteiger partial charge in [-0.2, -0.15) is 0 Å². The molecular weight excluding hydrogens is 251 g/mol. The zero-order valence-electron chi connectivity index (χ0n) is 11.4. The Bertz CT molecular complexity index is 556. The Morgan fingerprint density at radius 2 is 1.70 bits per heavy atom. The molecule has 104 valence electrons. The fourth-order valence-corrected chi connectivity index (χ4v) is 2.87. The van der Waals surface area contributed by atoms with Gasteiger partial charge >= 0.3 is 0 Å². The fourth-order valence-electron chi connectivity index (χ4n) is 2.87. The number of nitrogens with zero attached hydrogens (tertiary/aromatic N) is 1. The van der Waals surface area contributed by atoms with Crippen molar-refractivity contribution < 1.29 is 4.39 Å². The van der Waals surface area contributed by atoms with Crippen molar-refractivity contribution in [3.63, 3.8) is 0 Å². The highest BCUT2D eigenvalue weighted by atomic mass is 19.1. The molecule has 1 fully saturated rings. The monoisotopic (exact) mass is 270 g/mol. The average Bonchev–Trinajstić information content (AvgIpc) is 2.74. The Kier molecular flexibility index (Phi) is 3.97. The number of para-hydroxylation sites is 1. The summed E-state index contributed by atoms with van der Waals surface area (Å²) in [4.78, 5) is 2.30. The second kappa shape index (κ2) is 6.06. The van der Waals surface area contributed by atoms with Gasteiger partial charge in [-0.25, -0.2) is 4.39 Å². The largest absolute Gasteiger partial charge is 0.363 e. The van der Waals surface area contributed by atoms with E-state index in [0.29, 0.717) is 0 Å². The van der Waals surface area contributed by atoms with Crippen LogP contribution in [0.25, 0.3) is 0 Å². The Morgan fingerprint density at radius 1 is 0.950 bits per heavy atom. The van der Waals surface area contributed by atoms with E-state index in [9.17, 15) is 4.39 Å². The number of nitrogens with one attached hydrogen (secondary N) is 1. The highest BCUT2D eigenvalue weighted by Crippen LogP contribution is 2.31. The minimum absolute atomic E-state index is 0.0913. The molecule has 1 heterocycles. The number of benzene rings is 2. The van der Waals surface area contributed by atoms with Crippen molar-refractivity contribution in [1.29, 1.82) is 0 Å². The van der Waals surface area contributed by atoms with Crippen molar-refractivity contribution in [3.8, 4) is 0 Å². The van der Waals surface area contributed by atoms with E-state index in [1.54, 1.807) is 12.1 Å². The first-order valence-corrected chi connectivity index (χ1v) is 7.13. The molecule has 3 rings (SSSR count). The number of anilines is 1. The molecule has 0 bridgehead atoms. The van der Waals surface area contributed by atoms with Crippen LogP contribution in [0.3, 0.4) is 0 Å². The van der Waals surface area contributed by atoms with Gasteiger partial charge in [-0.1, -0.05) is 36.4 Å². The van der Waals surface area contributed by atoms with Crippen molar-refractivity contribution in [3.05, 3.63) is 66.0 Å². The summed E-state index contributed by atoms with van der Waals surface area (Å²) in [5.41, 5.74) is 1.95. The Labute approximate surface area is 119 Å². The SMILES string of the molecule is Fc1ccccc1C1CCNCCN1c1ccccc1. The quantitative estimate of drug-likeness (QED) is 0.900. The first-order valence-electron chi connectivity index (χ1n) is 7.13. The lowest BCUT2D eigenvalue weighted by Gasteiger charge is -2.32. The number of hydrogen-bond acceptors (Lipinski definition) is 2. The number of hydrogen-bond donors (Lipinski definition) is 1. The van der Waals surface area contributed by atoms with Crippen molar-refractivity contribution in [2.45, 2.75) is 12.5 Å². The summed E-state index contributed by atoms with van der Waals surface area (Å²) in [6, 6.07) is 17.5. The third kappa shape index (κ3) is 2.68. The normalized spacial score (nSPS) is 19.6. The van der Waals surface area contributed by atoms with Crippen LogP contribution in [0.5, 0.6) is 0 Å². The van der Waals surface area contributed by atoms with E-state index in [0.717, 1.165) is 37.3 Å². The summed E-state index contributed by atoms with van der Waals surface area (Å²) < 4.78 is 14.1. The van der Waals surface area contributed by atoms with Crippen molar-refractivity contribution in [1.82, 2.24) is 5.32 Å². The second-order valence-electron chi connectivity index (χ2n) is 5.10. The number of rotatable bonds is 2. The lowest BCUT2D eigenvalue weighted by molar-refractivity contribution is 0.550. The lowest BCUT2D eigenvalue weighted by atomic mass is 10.0. The van der Waals surface area contributed by atoms with E-state index in [-0.39, 0.29) is 11.9 Å². The molecule has 0 amide bonds. The summed E-state index contributed by atoms with van der Waals surface area (Å²) >= 11 is 0. The van der Waals surface area contributed by atoms with E-state index in [4.69, 9.17) is 0 Å². The van der Waals surface area contributed by atoms with Gasteiger partial charge in [0.05, 0.1) is 6.04 Å².